The first kappa shape index (κ1) is 17.0. The minimum atomic E-state index is -0.187. The first-order chi connectivity index (χ1) is 9.65. The van der Waals surface area contributed by atoms with Gasteiger partial charge >= 0.3 is 0 Å². The van der Waals surface area contributed by atoms with Crippen LogP contribution < -0.4 is 10.2 Å². The molecule has 0 radical (unpaired) electrons. The van der Waals surface area contributed by atoms with E-state index in [4.69, 9.17) is 0 Å². The summed E-state index contributed by atoms with van der Waals surface area (Å²) in [5.41, 5.74) is 1.09. The molecule has 114 valence electrons. The molecule has 1 atom stereocenters. The van der Waals surface area contributed by atoms with Crippen molar-refractivity contribution in [2.24, 2.45) is 0 Å². The van der Waals surface area contributed by atoms with E-state index in [9.17, 15) is 5.11 Å². The van der Waals surface area contributed by atoms with Crippen molar-refractivity contribution in [3.8, 4) is 0 Å². The fourth-order valence-corrected chi connectivity index (χ4v) is 2.39. The van der Waals surface area contributed by atoms with Gasteiger partial charge in [0.05, 0.1) is 6.61 Å². The fraction of sp³-hybridized carbons (Fsp3) is 0.647. The molecule has 0 heterocycles. The van der Waals surface area contributed by atoms with E-state index >= 15 is 0 Å². The lowest BCUT2D eigenvalue weighted by molar-refractivity contribution is 0.169. The highest BCUT2D eigenvalue weighted by atomic mass is 16.3. The van der Waals surface area contributed by atoms with E-state index in [1.165, 1.54) is 18.5 Å². The van der Waals surface area contributed by atoms with E-state index in [1.54, 1.807) is 0 Å². The quantitative estimate of drug-likeness (QED) is 0.690. The number of nitrogens with zero attached hydrogens (tertiary/aromatic N) is 1. The van der Waals surface area contributed by atoms with Gasteiger partial charge in [-0.15, -0.1) is 0 Å². The zero-order valence-corrected chi connectivity index (χ0v) is 13.2. The predicted molar refractivity (Wildman–Crippen MR) is 87.3 cm³/mol. The topological polar surface area (TPSA) is 35.5 Å². The Hall–Kier alpha value is -1.06. The molecule has 0 aliphatic carbocycles. The number of hydrogen-bond donors (Lipinski definition) is 2. The average molecular weight is 278 g/mol. The molecular formula is C17H30N2O. The van der Waals surface area contributed by atoms with Gasteiger partial charge in [-0.3, -0.25) is 0 Å². The van der Waals surface area contributed by atoms with Crippen LogP contribution in [0.1, 0.15) is 40.0 Å². The molecule has 0 aromatic heterocycles. The third kappa shape index (κ3) is 5.51. The van der Waals surface area contributed by atoms with Crippen molar-refractivity contribution in [1.82, 2.24) is 5.32 Å². The van der Waals surface area contributed by atoms with Crippen LogP contribution in [0.15, 0.2) is 30.3 Å². The van der Waals surface area contributed by atoms with Gasteiger partial charge in [-0.05, 0) is 38.4 Å². The maximum absolute atomic E-state index is 9.59. The van der Waals surface area contributed by atoms with Crippen molar-refractivity contribution in [2.75, 3.05) is 31.1 Å². The molecule has 0 saturated carbocycles. The molecule has 1 unspecified atom stereocenters. The molecule has 2 N–H and O–H groups in total. The van der Waals surface area contributed by atoms with E-state index in [0.29, 0.717) is 0 Å². The number of hydrogen-bond acceptors (Lipinski definition) is 3. The maximum Gasteiger partial charge on any atom is 0.0611 e. The SMILES string of the molecule is CCCCN(CCC(C)(CO)NCC)c1ccccc1. The van der Waals surface area contributed by atoms with Crippen molar-refractivity contribution >= 4 is 5.69 Å². The number of unbranched alkanes of at least 4 members (excludes halogenated alkanes) is 1. The molecule has 0 bridgehead atoms. The number of rotatable bonds is 10. The van der Waals surface area contributed by atoms with Crippen molar-refractivity contribution in [3.63, 3.8) is 0 Å². The van der Waals surface area contributed by atoms with Crippen molar-refractivity contribution in [1.29, 1.82) is 0 Å². The van der Waals surface area contributed by atoms with E-state index in [2.05, 4.69) is 61.3 Å². The normalized spacial score (nSPS) is 14.0. The number of aliphatic hydroxyl groups excluding tert-OH is 1. The fourth-order valence-electron chi connectivity index (χ4n) is 2.39. The van der Waals surface area contributed by atoms with E-state index in [-0.39, 0.29) is 12.1 Å². The van der Waals surface area contributed by atoms with Gasteiger partial charge in [0, 0.05) is 24.3 Å². The Labute approximate surface area is 124 Å². The number of nitrogens with one attached hydrogen (secondary N) is 1. The summed E-state index contributed by atoms with van der Waals surface area (Å²) in [6, 6.07) is 10.6. The Morgan fingerprint density at radius 3 is 2.40 bits per heavy atom. The number of anilines is 1. The molecule has 0 saturated heterocycles. The van der Waals surface area contributed by atoms with E-state index in [0.717, 1.165) is 26.1 Å². The Balaban J connectivity index is 2.65. The van der Waals surface area contributed by atoms with Gasteiger partial charge in [0.25, 0.3) is 0 Å². The molecule has 0 aliphatic heterocycles. The molecule has 1 rings (SSSR count). The lowest BCUT2D eigenvalue weighted by Crippen LogP contribution is -2.48. The third-order valence-electron chi connectivity index (χ3n) is 3.79. The van der Waals surface area contributed by atoms with Gasteiger partial charge < -0.3 is 15.3 Å². The van der Waals surface area contributed by atoms with Crippen LogP contribution in [-0.2, 0) is 0 Å². The molecule has 3 heteroatoms. The maximum atomic E-state index is 9.59. The zero-order valence-electron chi connectivity index (χ0n) is 13.2. The lowest BCUT2D eigenvalue weighted by atomic mass is 9.98. The Bertz CT molecular complexity index is 355. The van der Waals surface area contributed by atoms with E-state index in [1.807, 2.05) is 0 Å². The Kier molecular flexibility index (Phi) is 7.63. The first-order valence-corrected chi connectivity index (χ1v) is 7.81. The van der Waals surface area contributed by atoms with Crippen molar-refractivity contribution in [3.05, 3.63) is 30.3 Å². The number of para-hydroxylation sites is 1. The smallest absolute Gasteiger partial charge is 0.0611 e. The van der Waals surface area contributed by atoms with Gasteiger partial charge in [-0.2, -0.15) is 0 Å². The summed E-state index contributed by atoms with van der Waals surface area (Å²) >= 11 is 0. The van der Waals surface area contributed by atoms with Crippen molar-refractivity contribution < 1.29 is 5.11 Å². The van der Waals surface area contributed by atoms with Crippen LogP contribution in [0.5, 0.6) is 0 Å². The summed E-state index contributed by atoms with van der Waals surface area (Å²) in [7, 11) is 0. The molecular weight excluding hydrogens is 248 g/mol. The van der Waals surface area contributed by atoms with Crippen LogP contribution in [-0.4, -0.2) is 36.9 Å². The van der Waals surface area contributed by atoms with Gasteiger partial charge in [-0.1, -0.05) is 38.5 Å². The Morgan fingerprint density at radius 1 is 1.15 bits per heavy atom. The lowest BCUT2D eigenvalue weighted by Gasteiger charge is -2.33. The van der Waals surface area contributed by atoms with Crippen LogP contribution in [0.3, 0.4) is 0 Å². The van der Waals surface area contributed by atoms with Gasteiger partial charge in [0.15, 0.2) is 0 Å². The molecule has 0 fully saturated rings. The standard InChI is InChI=1S/C17H30N2O/c1-4-6-13-19(16-10-8-7-9-11-16)14-12-17(3,15-20)18-5-2/h7-11,18,20H,4-6,12-15H2,1-3H3. The zero-order chi connectivity index (χ0) is 14.8. The highest BCUT2D eigenvalue weighted by Gasteiger charge is 2.22. The molecule has 1 aromatic rings. The molecule has 1 aromatic carbocycles. The molecule has 0 spiro atoms. The second-order valence-electron chi connectivity index (χ2n) is 5.68. The minimum Gasteiger partial charge on any atom is -0.394 e. The highest BCUT2D eigenvalue weighted by molar-refractivity contribution is 5.45. The summed E-state index contributed by atoms with van der Waals surface area (Å²) in [6.45, 7) is 9.51. The highest BCUT2D eigenvalue weighted by Crippen LogP contribution is 2.17. The molecule has 3 nitrogen and oxygen atoms in total. The predicted octanol–water partition coefficient (Wildman–Crippen LogP) is 3.04. The number of likely N-dealkylation sites (N-methyl/N-ethyl adjacent to an activating group) is 1. The molecule has 0 aliphatic rings. The second-order valence-corrected chi connectivity index (χ2v) is 5.68. The van der Waals surface area contributed by atoms with Gasteiger partial charge in [0.2, 0.25) is 0 Å². The van der Waals surface area contributed by atoms with E-state index < -0.39 is 0 Å². The van der Waals surface area contributed by atoms with Crippen LogP contribution in [0.2, 0.25) is 0 Å². The molecule has 0 amide bonds. The summed E-state index contributed by atoms with van der Waals surface area (Å²) in [5.74, 6) is 0. The third-order valence-corrected chi connectivity index (χ3v) is 3.79. The van der Waals surface area contributed by atoms with Gasteiger partial charge in [-0.25, -0.2) is 0 Å². The summed E-state index contributed by atoms with van der Waals surface area (Å²) in [5, 5.41) is 13.0. The van der Waals surface area contributed by atoms with Crippen LogP contribution >= 0.6 is 0 Å². The van der Waals surface area contributed by atoms with Crippen molar-refractivity contribution in [2.45, 2.75) is 45.6 Å². The van der Waals surface area contributed by atoms with Crippen LogP contribution in [0.25, 0.3) is 0 Å². The first-order valence-electron chi connectivity index (χ1n) is 7.81. The number of aliphatic hydroxyl groups is 1. The van der Waals surface area contributed by atoms with Crippen LogP contribution in [0, 0.1) is 0 Å². The van der Waals surface area contributed by atoms with Gasteiger partial charge in [0.1, 0.15) is 0 Å². The van der Waals surface area contributed by atoms with Crippen LogP contribution in [0.4, 0.5) is 5.69 Å². The molecule has 20 heavy (non-hydrogen) atoms. The average Bonchev–Trinajstić information content (AvgIpc) is 2.48. The summed E-state index contributed by atoms with van der Waals surface area (Å²) in [4.78, 5) is 2.43. The largest absolute Gasteiger partial charge is 0.394 e. The second kappa shape index (κ2) is 8.98. The summed E-state index contributed by atoms with van der Waals surface area (Å²) < 4.78 is 0. The number of benzene rings is 1. The minimum absolute atomic E-state index is 0.178. The summed E-state index contributed by atoms with van der Waals surface area (Å²) in [6.07, 6.45) is 3.34. The monoisotopic (exact) mass is 278 g/mol. The Morgan fingerprint density at radius 2 is 1.85 bits per heavy atom.